The van der Waals surface area contributed by atoms with E-state index in [1.54, 1.807) is 30.4 Å². The van der Waals surface area contributed by atoms with Crippen LogP contribution in [0.3, 0.4) is 0 Å². The first-order valence-electron chi connectivity index (χ1n) is 16.2. The third-order valence-electron chi connectivity index (χ3n) is 9.25. The van der Waals surface area contributed by atoms with E-state index in [1.165, 1.54) is 21.7 Å². The van der Waals surface area contributed by atoms with Crippen molar-refractivity contribution in [2.75, 3.05) is 18.0 Å². The van der Waals surface area contributed by atoms with Crippen molar-refractivity contribution in [2.45, 2.75) is 84.2 Å². The van der Waals surface area contributed by atoms with E-state index in [4.69, 9.17) is 19.0 Å². The second-order valence-corrected chi connectivity index (χ2v) is 14.6. The van der Waals surface area contributed by atoms with Gasteiger partial charge in [-0.05, 0) is 90.4 Å². The van der Waals surface area contributed by atoms with Crippen LogP contribution < -0.4 is 10.4 Å². The molecule has 2 aliphatic rings. The maximum Gasteiger partial charge on any atom is 0.494 e. The summed E-state index contributed by atoms with van der Waals surface area (Å²) in [6.07, 6.45) is 4.05. The largest absolute Gasteiger partial charge is 0.494 e. The Morgan fingerprint density at radius 3 is 2.44 bits per heavy atom. The number of piperidine rings is 1. The summed E-state index contributed by atoms with van der Waals surface area (Å²) in [6, 6.07) is 11.5. The number of carbonyl (C=O) groups excluding carboxylic acids is 2. The lowest BCUT2D eigenvalue weighted by atomic mass is 9.78. The number of nitrogens with zero attached hydrogens (tertiary/aromatic N) is 6. The molecule has 4 heterocycles. The first-order chi connectivity index (χ1) is 22.5. The molecule has 0 radical (unpaired) electrons. The maximum absolute atomic E-state index is 15.9. The molecule has 2 saturated heterocycles. The number of hydrogen-bond donors (Lipinski definition) is 0. The van der Waals surface area contributed by atoms with E-state index in [0.717, 1.165) is 10.8 Å². The number of amides is 2. The van der Waals surface area contributed by atoms with Crippen LogP contribution in [0.4, 0.5) is 15.0 Å². The summed E-state index contributed by atoms with van der Waals surface area (Å²) in [6.45, 7) is 14.1. The van der Waals surface area contributed by atoms with E-state index in [2.05, 4.69) is 10.3 Å². The lowest BCUT2D eigenvalue weighted by Gasteiger charge is -2.39. The number of benzene rings is 2. The van der Waals surface area contributed by atoms with E-state index in [-0.39, 0.29) is 12.1 Å². The Labute approximate surface area is 280 Å². The molecule has 2 fully saturated rings. The molecule has 13 heteroatoms. The Hall–Kier alpha value is -4.36. The standard InChI is InChI=1S/C35H42BFN6O5/c1-33(2,3)46-32(45)42-17-9-10-25(20-42)43(31(44)27-13-11-23(19-28(27)37)29-21-41(8)40-39-29)30-26-14-12-24(18-22(26)15-16-38-30)36-47-34(4,5)35(6,7)48-36/h11-16,18-19,21,25H,9-10,17,20H2,1-8H3/t25-/m1/s1. The minimum Gasteiger partial charge on any atom is -0.444 e. The second kappa shape index (κ2) is 12.3. The van der Waals surface area contributed by atoms with Crippen LogP contribution in [0.1, 0.15) is 71.7 Å². The molecule has 2 aromatic carbocycles. The predicted molar refractivity (Wildman–Crippen MR) is 181 cm³/mol. The van der Waals surface area contributed by atoms with Crippen LogP contribution in [0, 0.1) is 5.82 Å². The fourth-order valence-electron chi connectivity index (χ4n) is 6.05. The van der Waals surface area contributed by atoms with Gasteiger partial charge in [0.05, 0.1) is 29.0 Å². The second-order valence-electron chi connectivity index (χ2n) is 14.6. The van der Waals surface area contributed by atoms with Gasteiger partial charge in [0.1, 0.15) is 22.9 Å². The minimum atomic E-state index is -0.698. The van der Waals surface area contributed by atoms with Crippen molar-refractivity contribution in [3.8, 4) is 11.3 Å². The Bertz CT molecular complexity index is 1860. The van der Waals surface area contributed by atoms with E-state index in [0.29, 0.717) is 41.8 Å². The summed E-state index contributed by atoms with van der Waals surface area (Å²) in [5.74, 6) is -0.896. The van der Waals surface area contributed by atoms with Gasteiger partial charge in [-0.2, -0.15) is 0 Å². The summed E-state index contributed by atoms with van der Waals surface area (Å²) in [7, 11) is 1.15. The molecule has 1 atom stereocenters. The highest BCUT2D eigenvalue weighted by Gasteiger charge is 2.51. The molecule has 48 heavy (non-hydrogen) atoms. The zero-order valence-corrected chi connectivity index (χ0v) is 28.8. The monoisotopic (exact) mass is 656 g/mol. The maximum atomic E-state index is 15.9. The number of carbonyl (C=O) groups is 2. The molecule has 4 aromatic rings. The summed E-state index contributed by atoms with van der Waals surface area (Å²) < 4.78 is 35.6. The van der Waals surface area contributed by atoms with Crippen LogP contribution in [0.2, 0.25) is 0 Å². The molecule has 0 bridgehead atoms. The van der Waals surface area contributed by atoms with Gasteiger partial charge >= 0.3 is 13.2 Å². The van der Waals surface area contributed by atoms with Crippen molar-refractivity contribution in [1.29, 1.82) is 0 Å². The molecule has 2 aliphatic heterocycles. The van der Waals surface area contributed by atoms with E-state index in [9.17, 15) is 9.59 Å². The van der Waals surface area contributed by atoms with Gasteiger partial charge in [-0.1, -0.05) is 29.5 Å². The Kier molecular flexibility index (Phi) is 8.57. The SMILES string of the molecule is Cn1cc(-c2ccc(C(=O)N(c3nccc4cc(B5OC(C)(C)C(C)(C)O5)ccc34)[C@@H]3CCCN(C(=O)OC(C)(C)C)C3)c(F)c2)nn1. The average Bonchev–Trinajstić information content (AvgIpc) is 3.54. The highest BCUT2D eigenvalue weighted by molar-refractivity contribution is 6.62. The van der Waals surface area contributed by atoms with Gasteiger partial charge in [0, 0.05) is 37.3 Å². The molecule has 0 aliphatic carbocycles. The number of pyridine rings is 1. The fraction of sp³-hybridized carbons (Fsp3) is 0.457. The van der Waals surface area contributed by atoms with E-state index in [1.807, 2.05) is 72.7 Å². The molecule has 6 rings (SSSR count). The van der Waals surface area contributed by atoms with Gasteiger partial charge in [0.25, 0.3) is 5.91 Å². The van der Waals surface area contributed by atoms with Gasteiger partial charge in [0.15, 0.2) is 0 Å². The van der Waals surface area contributed by atoms with Crippen molar-refractivity contribution in [3.05, 3.63) is 66.2 Å². The van der Waals surface area contributed by atoms with Crippen molar-refractivity contribution in [1.82, 2.24) is 24.9 Å². The average molecular weight is 657 g/mol. The normalized spacial score (nSPS) is 19.1. The molecule has 0 N–H and O–H groups in total. The Morgan fingerprint density at radius 1 is 1.06 bits per heavy atom. The van der Waals surface area contributed by atoms with Gasteiger partial charge in [-0.25, -0.2) is 14.2 Å². The van der Waals surface area contributed by atoms with Crippen molar-refractivity contribution in [2.24, 2.45) is 7.05 Å². The number of ether oxygens (including phenoxy) is 1. The van der Waals surface area contributed by atoms with Crippen molar-refractivity contribution < 1.29 is 28.0 Å². The van der Waals surface area contributed by atoms with Gasteiger partial charge < -0.3 is 18.9 Å². The highest BCUT2D eigenvalue weighted by Crippen LogP contribution is 2.37. The minimum absolute atomic E-state index is 0.121. The van der Waals surface area contributed by atoms with Crippen molar-refractivity contribution >= 4 is 41.2 Å². The number of aromatic nitrogens is 4. The lowest BCUT2D eigenvalue weighted by Crippen LogP contribution is -2.53. The number of halogens is 1. The first-order valence-corrected chi connectivity index (χ1v) is 16.2. The zero-order chi connectivity index (χ0) is 34.6. The molecule has 0 saturated carbocycles. The Morgan fingerprint density at radius 2 is 1.79 bits per heavy atom. The van der Waals surface area contributed by atoms with E-state index < -0.39 is 47.8 Å². The lowest BCUT2D eigenvalue weighted by molar-refractivity contribution is 0.00578. The summed E-state index contributed by atoms with van der Waals surface area (Å²) in [5.41, 5.74) is -0.00298. The van der Waals surface area contributed by atoms with Gasteiger partial charge in [-0.3, -0.25) is 14.4 Å². The fourth-order valence-corrected chi connectivity index (χ4v) is 6.05. The number of anilines is 1. The molecule has 0 unspecified atom stereocenters. The summed E-state index contributed by atoms with van der Waals surface area (Å²) in [4.78, 5) is 35.5. The van der Waals surface area contributed by atoms with Crippen LogP contribution >= 0.6 is 0 Å². The van der Waals surface area contributed by atoms with Gasteiger partial charge in [0.2, 0.25) is 0 Å². The van der Waals surface area contributed by atoms with Crippen LogP contribution in [0.15, 0.2) is 54.9 Å². The van der Waals surface area contributed by atoms with Crippen LogP contribution in [-0.4, -0.2) is 79.9 Å². The van der Waals surface area contributed by atoms with E-state index >= 15 is 4.39 Å². The summed E-state index contributed by atoms with van der Waals surface area (Å²) >= 11 is 0. The molecule has 11 nitrogen and oxygen atoms in total. The zero-order valence-electron chi connectivity index (χ0n) is 28.8. The molecule has 0 spiro atoms. The first kappa shape index (κ1) is 33.5. The Balaban J connectivity index is 1.40. The molecule has 2 amide bonds. The number of likely N-dealkylation sites (tertiary alicyclic amines) is 1. The van der Waals surface area contributed by atoms with Gasteiger partial charge in [-0.15, -0.1) is 5.10 Å². The molecular weight excluding hydrogens is 614 g/mol. The number of hydrogen-bond acceptors (Lipinski definition) is 8. The smallest absolute Gasteiger partial charge is 0.444 e. The third-order valence-corrected chi connectivity index (χ3v) is 9.25. The topological polar surface area (TPSA) is 112 Å². The predicted octanol–water partition coefficient (Wildman–Crippen LogP) is 5.51. The molecule has 2 aromatic heterocycles. The highest BCUT2D eigenvalue weighted by atomic mass is 19.1. The number of rotatable bonds is 5. The van der Waals surface area contributed by atoms with Crippen LogP contribution in [0.25, 0.3) is 22.0 Å². The molecular formula is C35H42BFN6O5. The van der Waals surface area contributed by atoms with Crippen molar-refractivity contribution in [3.63, 3.8) is 0 Å². The van der Waals surface area contributed by atoms with Crippen LogP contribution in [-0.2, 0) is 21.1 Å². The quantitative estimate of drug-likeness (QED) is 0.259. The molecule has 252 valence electrons. The summed E-state index contributed by atoms with van der Waals surface area (Å²) in [5, 5.41) is 9.50. The number of aryl methyl sites for hydroxylation is 1. The van der Waals surface area contributed by atoms with Crippen LogP contribution in [0.5, 0.6) is 0 Å². The third kappa shape index (κ3) is 6.53. The number of fused-ring (bicyclic) bond motifs is 1.